The average molecular weight is 273 g/mol. The second kappa shape index (κ2) is 9.70. The van der Waals surface area contributed by atoms with Crippen LogP contribution in [-0.4, -0.2) is 62.7 Å². The Morgan fingerprint density at radius 1 is 1.00 bits per heavy atom. The number of nitrogens with zero attached hydrogens (tertiary/aromatic N) is 1. The first kappa shape index (κ1) is 16.9. The summed E-state index contributed by atoms with van der Waals surface area (Å²) in [7, 11) is 0. The molecular formula is C15H31NO3. The Morgan fingerprint density at radius 2 is 1.53 bits per heavy atom. The van der Waals surface area contributed by atoms with E-state index in [0.29, 0.717) is 6.61 Å². The van der Waals surface area contributed by atoms with Gasteiger partial charge < -0.3 is 14.6 Å². The number of hydrogen-bond acceptors (Lipinski definition) is 4. The van der Waals surface area contributed by atoms with Gasteiger partial charge in [-0.25, -0.2) is 0 Å². The van der Waals surface area contributed by atoms with Crippen LogP contribution in [0.2, 0.25) is 0 Å². The molecular weight excluding hydrogens is 242 g/mol. The Kier molecular flexibility index (Phi) is 8.62. The minimum absolute atomic E-state index is 0.123. The Hall–Kier alpha value is -0.160. The van der Waals surface area contributed by atoms with E-state index in [4.69, 9.17) is 9.47 Å². The van der Waals surface area contributed by atoms with E-state index in [1.54, 1.807) is 0 Å². The van der Waals surface area contributed by atoms with Gasteiger partial charge in [0.15, 0.2) is 0 Å². The van der Waals surface area contributed by atoms with Crippen molar-refractivity contribution in [2.75, 3.05) is 52.7 Å². The smallest absolute Gasteiger partial charge is 0.0593 e. The van der Waals surface area contributed by atoms with Gasteiger partial charge >= 0.3 is 0 Å². The molecule has 1 fully saturated rings. The Balaban J connectivity index is 2.41. The van der Waals surface area contributed by atoms with E-state index in [-0.39, 0.29) is 5.41 Å². The van der Waals surface area contributed by atoms with Gasteiger partial charge in [0, 0.05) is 44.9 Å². The molecule has 0 saturated heterocycles. The minimum Gasteiger partial charge on any atom is -0.396 e. The van der Waals surface area contributed by atoms with Gasteiger partial charge in [-0.3, -0.25) is 4.90 Å². The maximum absolute atomic E-state index is 9.72. The van der Waals surface area contributed by atoms with Crippen LogP contribution in [0.4, 0.5) is 0 Å². The number of aliphatic hydroxyl groups is 1. The first-order valence-electron chi connectivity index (χ1n) is 7.75. The van der Waals surface area contributed by atoms with Gasteiger partial charge in [0.1, 0.15) is 0 Å². The first-order chi connectivity index (χ1) is 9.26. The molecule has 0 aliphatic heterocycles. The van der Waals surface area contributed by atoms with Crippen molar-refractivity contribution in [1.29, 1.82) is 0 Å². The zero-order valence-electron chi connectivity index (χ0n) is 12.7. The van der Waals surface area contributed by atoms with Crippen LogP contribution in [0.25, 0.3) is 0 Å². The third kappa shape index (κ3) is 6.21. The molecule has 0 aromatic heterocycles. The quantitative estimate of drug-likeness (QED) is 0.584. The number of hydrogen-bond donors (Lipinski definition) is 1. The standard InChI is InChI=1S/C15H31NO3/c1-3-18-11-9-16(10-12-19-4-2)13-15(14-17)7-5-6-8-15/h17H,3-14H2,1-2H3. The summed E-state index contributed by atoms with van der Waals surface area (Å²) in [6.07, 6.45) is 4.82. The zero-order valence-corrected chi connectivity index (χ0v) is 12.7. The molecule has 1 aliphatic rings. The summed E-state index contributed by atoms with van der Waals surface area (Å²) in [6.45, 7) is 10.3. The highest BCUT2D eigenvalue weighted by Gasteiger charge is 2.34. The fraction of sp³-hybridized carbons (Fsp3) is 1.00. The highest BCUT2D eigenvalue weighted by atomic mass is 16.5. The monoisotopic (exact) mass is 273 g/mol. The van der Waals surface area contributed by atoms with E-state index in [9.17, 15) is 5.11 Å². The fourth-order valence-corrected chi connectivity index (χ4v) is 2.91. The van der Waals surface area contributed by atoms with E-state index in [2.05, 4.69) is 4.90 Å². The lowest BCUT2D eigenvalue weighted by molar-refractivity contribution is 0.0376. The summed E-state index contributed by atoms with van der Waals surface area (Å²) in [5, 5.41) is 9.72. The molecule has 0 spiro atoms. The van der Waals surface area contributed by atoms with E-state index < -0.39 is 0 Å². The lowest BCUT2D eigenvalue weighted by Crippen LogP contribution is -2.41. The molecule has 1 saturated carbocycles. The largest absolute Gasteiger partial charge is 0.396 e. The molecule has 1 N–H and O–H groups in total. The van der Waals surface area contributed by atoms with E-state index in [1.165, 1.54) is 12.8 Å². The molecule has 1 rings (SSSR count). The van der Waals surface area contributed by atoms with Gasteiger partial charge in [0.25, 0.3) is 0 Å². The van der Waals surface area contributed by atoms with E-state index in [1.807, 2.05) is 13.8 Å². The Bertz CT molecular complexity index is 207. The van der Waals surface area contributed by atoms with Crippen molar-refractivity contribution in [2.45, 2.75) is 39.5 Å². The van der Waals surface area contributed by atoms with Crippen LogP contribution in [0.15, 0.2) is 0 Å². The molecule has 0 unspecified atom stereocenters. The molecule has 114 valence electrons. The first-order valence-corrected chi connectivity index (χ1v) is 7.75. The predicted octanol–water partition coefficient (Wildman–Crippen LogP) is 1.91. The normalized spacial score (nSPS) is 18.3. The second-order valence-electron chi connectivity index (χ2n) is 5.54. The molecule has 0 amide bonds. The second-order valence-corrected chi connectivity index (χ2v) is 5.54. The van der Waals surface area contributed by atoms with Crippen LogP contribution in [0.3, 0.4) is 0 Å². The van der Waals surface area contributed by atoms with Crippen LogP contribution in [0, 0.1) is 5.41 Å². The van der Waals surface area contributed by atoms with Crippen LogP contribution >= 0.6 is 0 Å². The third-order valence-corrected chi connectivity index (χ3v) is 4.07. The van der Waals surface area contributed by atoms with Crippen LogP contribution in [0.1, 0.15) is 39.5 Å². The Labute approximate surface area is 118 Å². The number of ether oxygens (including phenoxy) is 2. The highest BCUT2D eigenvalue weighted by molar-refractivity contribution is 4.87. The molecule has 0 radical (unpaired) electrons. The molecule has 0 bridgehead atoms. The lowest BCUT2D eigenvalue weighted by atomic mass is 9.86. The third-order valence-electron chi connectivity index (χ3n) is 4.07. The molecule has 19 heavy (non-hydrogen) atoms. The zero-order chi connectivity index (χ0) is 14.0. The topological polar surface area (TPSA) is 41.9 Å². The van der Waals surface area contributed by atoms with E-state index in [0.717, 1.165) is 58.9 Å². The summed E-state index contributed by atoms with van der Waals surface area (Å²) >= 11 is 0. The average Bonchev–Trinajstić information content (AvgIpc) is 2.88. The summed E-state index contributed by atoms with van der Waals surface area (Å²) in [6, 6.07) is 0. The molecule has 0 aromatic carbocycles. The lowest BCUT2D eigenvalue weighted by Gasteiger charge is -2.34. The number of rotatable bonds is 11. The number of aliphatic hydroxyl groups excluding tert-OH is 1. The van der Waals surface area contributed by atoms with Crippen molar-refractivity contribution < 1.29 is 14.6 Å². The predicted molar refractivity (Wildman–Crippen MR) is 77.4 cm³/mol. The van der Waals surface area contributed by atoms with Gasteiger partial charge in [0.2, 0.25) is 0 Å². The van der Waals surface area contributed by atoms with Crippen molar-refractivity contribution >= 4 is 0 Å². The van der Waals surface area contributed by atoms with Gasteiger partial charge in [-0.05, 0) is 26.7 Å². The van der Waals surface area contributed by atoms with Crippen molar-refractivity contribution in [2.24, 2.45) is 5.41 Å². The van der Waals surface area contributed by atoms with Crippen LogP contribution in [0.5, 0.6) is 0 Å². The molecule has 0 heterocycles. The van der Waals surface area contributed by atoms with Crippen molar-refractivity contribution in [1.82, 2.24) is 4.90 Å². The SMILES string of the molecule is CCOCCN(CCOCC)CC1(CO)CCCC1. The summed E-state index contributed by atoms with van der Waals surface area (Å²) in [5.74, 6) is 0. The summed E-state index contributed by atoms with van der Waals surface area (Å²) in [4.78, 5) is 2.40. The highest BCUT2D eigenvalue weighted by Crippen LogP contribution is 2.38. The van der Waals surface area contributed by atoms with Crippen molar-refractivity contribution in [3.05, 3.63) is 0 Å². The maximum atomic E-state index is 9.72. The molecule has 0 atom stereocenters. The van der Waals surface area contributed by atoms with Gasteiger partial charge in [-0.15, -0.1) is 0 Å². The summed E-state index contributed by atoms with van der Waals surface area (Å²) in [5.41, 5.74) is 0.123. The molecule has 1 aliphatic carbocycles. The van der Waals surface area contributed by atoms with Crippen molar-refractivity contribution in [3.8, 4) is 0 Å². The van der Waals surface area contributed by atoms with Crippen molar-refractivity contribution in [3.63, 3.8) is 0 Å². The maximum Gasteiger partial charge on any atom is 0.0593 e. The molecule has 4 heteroatoms. The van der Waals surface area contributed by atoms with E-state index >= 15 is 0 Å². The molecule has 4 nitrogen and oxygen atoms in total. The Morgan fingerprint density at radius 3 is 1.95 bits per heavy atom. The van der Waals surface area contributed by atoms with Crippen LogP contribution < -0.4 is 0 Å². The van der Waals surface area contributed by atoms with Gasteiger partial charge in [-0.1, -0.05) is 12.8 Å². The summed E-state index contributed by atoms with van der Waals surface area (Å²) < 4.78 is 10.9. The fourth-order valence-electron chi connectivity index (χ4n) is 2.91. The molecule has 0 aromatic rings. The minimum atomic E-state index is 0.123. The van der Waals surface area contributed by atoms with Gasteiger partial charge in [0.05, 0.1) is 13.2 Å². The van der Waals surface area contributed by atoms with Crippen LogP contribution in [-0.2, 0) is 9.47 Å². The van der Waals surface area contributed by atoms with Gasteiger partial charge in [-0.2, -0.15) is 0 Å².